The second-order valence-corrected chi connectivity index (χ2v) is 5.18. The van der Waals surface area contributed by atoms with E-state index in [2.05, 4.69) is 20.2 Å². The molecule has 2 aromatic rings. The minimum atomic E-state index is -0.908. The fraction of sp³-hybridized carbons (Fsp3) is 0.400. The van der Waals surface area contributed by atoms with Crippen LogP contribution in [0.4, 0.5) is 11.6 Å². The van der Waals surface area contributed by atoms with E-state index in [-0.39, 0.29) is 6.54 Å². The van der Waals surface area contributed by atoms with E-state index >= 15 is 0 Å². The normalized spacial score (nSPS) is 15.1. The van der Waals surface area contributed by atoms with E-state index in [0.29, 0.717) is 5.82 Å². The fourth-order valence-corrected chi connectivity index (χ4v) is 2.59. The lowest BCUT2D eigenvalue weighted by Gasteiger charge is -2.29. The molecule has 1 aliphatic rings. The van der Waals surface area contributed by atoms with Crippen molar-refractivity contribution < 1.29 is 9.90 Å². The van der Waals surface area contributed by atoms with E-state index < -0.39 is 5.97 Å². The first-order valence-electron chi connectivity index (χ1n) is 7.21. The topological polar surface area (TPSA) is 78.3 Å². The Bertz CT molecular complexity index is 653. The molecule has 0 spiro atoms. The monoisotopic (exact) mass is 286 g/mol. The number of benzene rings is 1. The number of aliphatic carboxylic acids is 1. The number of rotatable bonds is 4. The first kappa shape index (κ1) is 13.6. The van der Waals surface area contributed by atoms with E-state index in [4.69, 9.17) is 5.11 Å². The molecule has 2 N–H and O–H groups in total. The molecule has 1 aliphatic heterocycles. The summed E-state index contributed by atoms with van der Waals surface area (Å²) in [6.45, 7) is 1.72. The molecule has 21 heavy (non-hydrogen) atoms. The van der Waals surface area contributed by atoms with Crippen molar-refractivity contribution in [3.63, 3.8) is 0 Å². The minimum absolute atomic E-state index is 0.159. The number of nitrogens with one attached hydrogen (secondary N) is 1. The first-order chi connectivity index (χ1) is 10.2. The Hall–Kier alpha value is -2.37. The third-order valence-corrected chi connectivity index (χ3v) is 3.61. The zero-order chi connectivity index (χ0) is 14.7. The second-order valence-electron chi connectivity index (χ2n) is 5.18. The maximum Gasteiger partial charge on any atom is 0.322 e. The van der Waals surface area contributed by atoms with Crippen LogP contribution >= 0.6 is 0 Å². The number of nitrogens with zero attached hydrogens (tertiary/aromatic N) is 3. The Morgan fingerprint density at radius 3 is 2.48 bits per heavy atom. The van der Waals surface area contributed by atoms with Gasteiger partial charge in [0.05, 0.1) is 11.0 Å². The smallest absolute Gasteiger partial charge is 0.322 e. The van der Waals surface area contributed by atoms with Crippen LogP contribution in [-0.2, 0) is 4.79 Å². The third kappa shape index (κ3) is 3.04. The maximum absolute atomic E-state index is 10.8. The Balaban J connectivity index is 2.00. The number of aromatic nitrogens is 2. The molecule has 0 saturated carbocycles. The van der Waals surface area contributed by atoms with Crippen molar-refractivity contribution >= 4 is 28.6 Å². The lowest BCUT2D eigenvalue weighted by molar-refractivity contribution is -0.134. The highest BCUT2D eigenvalue weighted by Gasteiger charge is 2.18. The molecule has 1 saturated heterocycles. The minimum Gasteiger partial charge on any atom is -0.480 e. The van der Waals surface area contributed by atoms with Crippen molar-refractivity contribution in [1.29, 1.82) is 0 Å². The molecule has 0 atom stereocenters. The molecule has 6 heteroatoms. The van der Waals surface area contributed by atoms with Gasteiger partial charge in [-0.15, -0.1) is 0 Å². The van der Waals surface area contributed by atoms with Gasteiger partial charge in [0.15, 0.2) is 11.6 Å². The molecule has 6 nitrogen and oxygen atoms in total. The molecular weight excluding hydrogens is 268 g/mol. The number of piperidine rings is 1. The number of anilines is 2. The fourth-order valence-electron chi connectivity index (χ4n) is 2.59. The molecule has 3 rings (SSSR count). The molecule has 0 unspecified atom stereocenters. The van der Waals surface area contributed by atoms with Gasteiger partial charge in [0.2, 0.25) is 0 Å². The van der Waals surface area contributed by atoms with Crippen LogP contribution in [0.1, 0.15) is 19.3 Å². The Labute approximate surface area is 122 Å². The van der Waals surface area contributed by atoms with Crippen LogP contribution in [0.25, 0.3) is 11.0 Å². The zero-order valence-corrected chi connectivity index (χ0v) is 11.7. The molecule has 0 aliphatic carbocycles. The van der Waals surface area contributed by atoms with Crippen LogP contribution in [0.2, 0.25) is 0 Å². The van der Waals surface area contributed by atoms with Gasteiger partial charge in [-0.1, -0.05) is 12.1 Å². The van der Waals surface area contributed by atoms with Gasteiger partial charge in [0.25, 0.3) is 0 Å². The molecule has 1 fully saturated rings. The molecule has 110 valence electrons. The first-order valence-corrected chi connectivity index (χ1v) is 7.21. The zero-order valence-electron chi connectivity index (χ0n) is 11.7. The standard InChI is InChI=1S/C15H18N4O2/c20-13(21)10-16-14-15(19-8-4-1-5-9-19)18-12-7-3-2-6-11(12)17-14/h2-3,6-7H,1,4-5,8-10H2,(H,16,17)(H,20,21). The summed E-state index contributed by atoms with van der Waals surface area (Å²) in [4.78, 5) is 22.2. The van der Waals surface area contributed by atoms with Gasteiger partial charge < -0.3 is 15.3 Å². The van der Waals surface area contributed by atoms with Crippen LogP contribution in [0.3, 0.4) is 0 Å². The Morgan fingerprint density at radius 2 is 1.81 bits per heavy atom. The molecular formula is C15H18N4O2. The predicted octanol–water partition coefficient (Wildman–Crippen LogP) is 2.12. The number of hydrogen-bond acceptors (Lipinski definition) is 5. The van der Waals surface area contributed by atoms with E-state index in [1.54, 1.807) is 0 Å². The summed E-state index contributed by atoms with van der Waals surface area (Å²) in [5.41, 5.74) is 1.60. The van der Waals surface area contributed by atoms with Gasteiger partial charge in [0, 0.05) is 13.1 Å². The number of carboxylic acids is 1. The summed E-state index contributed by atoms with van der Waals surface area (Å²) in [7, 11) is 0. The van der Waals surface area contributed by atoms with Gasteiger partial charge in [-0.05, 0) is 31.4 Å². The van der Waals surface area contributed by atoms with E-state index in [9.17, 15) is 4.79 Å². The van der Waals surface area contributed by atoms with Gasteiger partial charge in [-0.25, -0.2) is 9.97 Å². The Morgan fingerprint density at radius 1 is 1.14 bits per heavy atom. The van der Waals surface area contributed by atoms with Crippen LogP contribution in [0.5, 0.6) is 0 Å². The van der Waals surface area contributed by atoms with Crippen LogP contribution in [-0.4, -0.2) is 40.7 Å². The highest BCUT2D eigenvalue weighted by Crippen LogP contribution is 2.27. The van der Waals surface area contributed by atoms with Crippen molar-refractivity contribution in [2.24, 2.45) is 0 Å². The third-order valence-electron chi connectivity index (χ3n) is 3.61. The second kappa shape index (κ2) is 5.95. The average Bonchev–Trinajstić information content (AvgIpc) is 2.53. The van der Waals surface area contributed by atoms with Gasteiger partial charge in [-0.3, -0.25) is 4.79 Å². The molecule has 2 heterocycles. The molecule has 1 aromatic carbocycles. The van der Waals surface area contributed by atoms with Gasteiger partial charge in [0.1, 0.15) is 6.54 Å². The van der Waals surface area contributed by atoms with E-state index in [1.807, 2.05) is 24.3 Å². The lowest BCUT2D eigenvalue weighted by atomic mass is 10.1. The van der Waals surface area contributed by atoms with Gasteiger partial charge in [-0.2, -0.15) is 0 Å². The molecule has 0 amide bonds. The molecule has 1 aromatic heterocycles. The number of fused-ring (bicyclic) bond motifs is 1. The van der Waals surface area contributed by atoms with Crippen molar-refractivity contribution in [3.05, 3.63) is 24.3 Å². The van der Waals surface area contributed by atoms with Crippen LogP contribution < -0.4 is 10.2 Å². The number of hydrogen-bond donors (Lipinski definition) is 2. The summed E-state index contributed by atoms with van der Waals surface area (Å²) in [6.07, 6.45) is 3.50. The molecule has 0 radical (unpaired) electrons. The summed E-state index contributed by atoms with van der Waals surface area (Å²) >= 11 is 0. The summed E-state index contributed by atoms with van der Waals surface area (Å²) in [5, 5.41) is 11.8. The largest absolute Gasteiger partial charge is 0.480 e. The van der Waals surface area contributed by atoms with Crippen molar-refractivity contribution in [2.75, 3.05) is 29.9 Å². The highest BCUT2D eigenvalue weighted by atomic mass is 16.4. The SMILES string of the molecule is O=C(O)CNc1nc2ccccc2nc1N1CCCCC1. The van der Waals surface area contributed by atoms with Crippen LogP contribution in [0, 0.1) is 0 Å². The van der Waals surface area contributed by atoms with E-state index in [0.717, 1.165) is 42.8 Å². The number of carbonyl (C=O) groups is 1. The van der Waals surface area contributed by atoms with Crippen molar-refractivity contribution in [1.82, 2.24) is 9.97 Å². The Kier molecular flexibility index (Phi) is 3.85. The maximum atomic E-state index is 10.8. The van der Waals surface area contributed by atoms with Gasteiger partial charge >= 0.3 is 5.97 Å². The highest BCUT2D eigenvalue weighted by molar-refractivity contribution is 5.82. The number of carboxylic acid groups (broad SMARTS) is 1. The summed E-state index contributed by atoms with van der Waals surface area (Å²) in [6, 6.07) is 7.64. The lowest BCUT2D eigenvalue weighted by Crippen LogP contribution is -2.31. The van der Waals surface area contributed by atoms with E-state index in [1.165, 1.54) is 6.42 Å². The summed E-state index contributed by atoms with van der Waals surface area (Å²) in [5.74, 6) is 0.405. The predicted molar refractivity (Wildman–Crippen MR) is 81.7 cm³/mol. The quantitative estimate of drug-likeness (QED) is 0.896. The van der Waals surface area contributed by atoms with Crippen molar-refractivity contribution in [3.8, 4) is 0 Å². The number of para-hydroxylation sites is 2. The van der Waals surface area contributed by atoms with Crippen LogP contribution in [0.15, 0.2) is 24.3 Å². The average molecular weight is 286 g/mol. The van der Waals surface area contributed by atoms with Crippen molar-refractivity contribution in [2.45, 2.75) is 19.3 Å². The molecule has 0 bridgehead atoms. The summed E-state index contributed by atoms with van der Waals surface area (Å²) < 4.78 is 0.